The Morgan fingerprint density at radius 2 is 1.74 bits per heavy atom. The molecule has 2 amide bonds. The zero-order valence-electron chi connectivity index (χ0n) is 15.8. The Labute approximate surface area is 158 Å². The van der Waals surface area contributed by atoms with Gasteiger partial charge >= 0.3 is 0 Å². The van der Waals surface area contributed by atoms with Crippen molar-refractivity contribution in [2.75, 3.05) is 19.8 Å². The average molecular weight is 368 g/mol. The standard InChI is InChI=1S/C21H24N2O4/c1-13-4-5-17(10-14(13)2)21(25)22-12-20(24)23-15(3)16-6-7-18-19(11-16)27-9-8-26-18/h4-7,10-11,15H,8-9,12H2,1-3H3,(H,22,25)(H,23,24). The van der Waals surface area contributed by atoms with Crippen LogP contribution in [-0.4, -0.2) is 31.6 Å². The lowest BCUT2D eigenvalue weighted by atomic mass is 10.1. The molecule has 27 heavy (non-hydrogen) atoms. The van der Waals surface area contributed by atoms with Gasteiger partial charge in [-0.05, 0) is 61.7 Å². The molecule has 1 atom stereocenters. The molecular formula is C21H24N2O4. The van der Waals surface area contributed by atoms with E-state index >= 15 is 0 Å². The van der Waals surface area contributed by atoms with Crippen molar-refractivity contribution in [3.8, 4) is 11.5 Å². The predicted octanol–water partition coefficient (Wildman–Crippen LogP) is 2.68. The van der Waals surface area contributed by atoms with Gasteiger partial charge in [-0.2, -0.15) is 0 Å². The molecular weight excluding hydrogens is 344 g/mol. The van der Waals surface area contributed by atoms with Crippen LogP contribution in [0.3, 0.4) is 0 Å². The Balaban J connectivity index is 1.54. The number of nitrogens with one attached hydrogen (secondary N) is 2. The van der Waals surface area contributed by atoms with Crippen molar-refractivity contribution in [1.82, 2.24) is 10.6 Å². The molecule has 0 bridgehead atoms. The third-order valence-electron chi connectivity index (χ3n) is 4.62. The second kappa shape index (κ2) is 8.12. The van der Waals surface area contributed by atoms with Gasteiger partial charge in [0, 0.05) is 5.56 Å². The van der Waals surface area contributed by atoms with Gasteiger partial charge in [0.05, 0.1) is 12.6 Å². The smallest absolute Gasteiger partial charge is 0.251 e. The number of carbonyl (C=O) groups is 2. The maximum absolute atomic E-state index is 12.2. The first kappa shape index (κ1) is 18.8. The zero-order valence-corrected chi connectivity index (χ0v) is 15.8. The third kappa shape index (κ3) is 4.58. The van der Waals surface area contributed by atoms with E-state index in [0.717, 1.165) is 16.7 Å². The molecule has 0 radical (unpaired) electrons. The van der Waals surface area contributed by atoms with Crippen LogP contribution in [0.1, 0.15) is 40.0 Å². The van der Waals surface area contributed by atoms with E-state index in [4.69, 9.17) is 9.47 Å². The maximum Gasteiger partial charge on any atom is 0.251 e. The van der Waals surface area contributed by atoms with Crippen LogP contribution in [0.25, 0.3) is 0 Å². The molecule has 1 aliphatic rings. The second-order valence-electron chi connectivity index (χ2n) is 6.67. The number of amides is 2. The number of fused-ring (bicyclic) bond motifs is 1. The molecule has 3 rings (SSSR count). The molecule has 1 unspecified atom stereocenters. The highest BCUT2D eigenvalue weighted by molar-refractivity contribution is 5.96. The Hall–Kier alpha value is -3.02. The first-order chi connectivity index (χ1) is 12.9. The second-order valence-corrected chi connectivity index (χ2v) is 6.67. The molecule has 0 aromatic heterocycles. The molecule has 0 spiro atoms. The highest BCUT2D eigenvalue weighted by atomic mass is 16.6. The quantitative estimate of drug-likeness (QED) is 0.851. The van der Waals surface area contributed by atoms with Crippen molar-refractivity contribution >= 4 is 11.8 Å². The molecule has 0 saturated heterocycles. The summed E-state index contributed by atoms with van der Waals surface area (Å²) in [5, 5.41) is 5.54. The molecule has 0 fully saturated rings. The van der Waals surface area contributed by atoms with Gasteiger partial charge in [-0.25, -0.2) is 0 Å². The van der Waals surface area contributed by atoms with Crippen molar-refractivity contribution in [2.45, 2.75) is 26.8 Å². The normalized spacial score (nSPS) is 13.6. The number of hydrogen-bond donors (Lipinski definition) is 2. The molecule has 1 aliphatic heterocycles. The number of rotatable bonds is 5. The third-order valence-corrected chi connectivity index (χ3v) is 4.62. The summed E-state index contributed by atoms with van der Waals surface area (Å²) in [7, 11) is 0. The van der Waals surface area contributed by atoms with Gasteiger partial charge in [0.2, 0.25) is 5.91 Å². The van der Waals surface area contributed by atoms with Crippen LogP contribution >= 0.6 is 0 Å². The van der Waals surface area contributed by atoms with Gasteiger partial charge in [0.25, 0.3) is 5.91 Å². The van der Waals surface area contributed by atoms with E-state index in [1.54, 1.807) is 6.07 Å². The fourth-order valence-corrected chi connectivity index (χ4v) is 2.85. The maximum atomic E-state index is 12.2. The van der Waals surface area contributed by atoms with Crippen LogP contribution in [0.15, 0.2) is 36.4 Å². The summed E-state index contributed by atoms with van der Waals surface area (Å²) in [6, 6.07) is 10.9. The summed E-state index contributed by atoms with van der Waals surface area (Å²) >= 11 is 0. The van der Waals surface area contributed by atoms with E-state index in [1.165, 1.54) is 0 Å². The van der Waals surface area contributed by atoms with Gasteiger partial charge in [-0.15, -0.1) is 0 Å². The summed E-state index contributed by atoms with van der Waals surface area (Å²) in [6.45, 7) is 6.80. The van der Waals surface area contributed by atoms with Crippen molar-refractivity contribution in [3.63, 3.8) is 0 Å². The van der Waals surface area contributed by atoms with E-state index in [1.807, 2.05) is 51.1 Å². The molecule has 6 heteroatoms. The van der Waals surface area contributed by atoms with Crippen molar-refractivity contribution < 1.29 is 19.1 Å². The Morgan fingerprint density at radius 3 is 2.48 bits per heavy atom. The average Bonchev–Trinajstić information content (AvgIpc) is 2.67. The van der Waals surface area contributed by atoms with Gasteiger partial charge < -0.3 is 20.1 Å². The topological polar surface area (TPSA) is 76.7 Å². The molecule has 2 aromatic carbocycles. The van der Waals surface area contributed by atoms with Crippen molar-refractivity contribution in [3.05, 3.63) is 58.7 Å². The minimum absolute atomic E-state index is 0.0827. The van der Waals surface area contributed by atoms with Crippen molar-refractivity contribution in [1.29, 1.82) is 0 Å². The van der Waals surface area contributed by atoms with E-state index in [2.05, 4.69) is 10.6 Å². The predicted molar refractivity (Wildman–Crippen MR) is 102 cm³/mol. The van der Waals surface area contributed by atoms with E-state index in [0.29, 0.717) is 30.3 Å². The van der Waals surface area contributed by atoms with E-state index in [-0.39, 0.29) is 24.4 Å². The molecule has 2 N–H and O–H groups in total. The Morgan fingerprint density at radius 1 is 1.00 bits per heavy atom. The van der Waals surface area contributed by atoms with Gasteiger partial charge in [0.1, 0.15) is 13.2 Å². The molecule has 142 valence electrons. The van der Waals surface area contributed by atoms with Crippen LogP contribution < -0.4 is 20.1 Å². The summed E-state index contributed by atoms with van der Waals surface area (Å²) in [5.74, 6) is 0.877. The number of hydrogen-bond acceptors (Lipinski definition) is 4. The van der Waals surface area contributed by atoms with Gasteiger partial charge in [-0.3, -0.25) is 9.59 Å². The molecule has 1 heterocycles. The Kier molecular flexibility index (Phi) is 5.64. The van der Waals surface area contributed by atoms with Crippen LogP contribution in [0.4, 0.5) is 0 Å². The molecule has 0 saturated carbocycles. The monoisotopic (exact) mass is 368 g/mol. The minimum atomic E-state index is -0.264. The van der Waals surface area contributed by atoms with E-state index < -0.39 is 0 Å². The first-order valence-corrected chi connectivity index (χ1v) is 8.98. The minimum Gasteiger partial charge on any atom is -0.486 e. The fraction of sp³-hybridized carbons (Fsp3) is 0.333. The van der Waals surface area contributed by atoms with Crippen LogP contribution in [0.2, 0.25) is 0 Å². The number of benzene rings is 2. The van der Waals surface area contributed by atoms with Crippen molar-refractivity contribution in [2.24, 2.45) is 0 Å². The summed E-state index contributed by atoms with van der Waals surface area (Å²) in [5.41, 5.74) is 3.62. The van der Waals surface area contributed by atoms with Gasteiger partial charge in [0.15, 0.2) is 11.5 Å². The lowest BCUT2D eigenvalue weighted by Crippen LogP contribution is -2.38. The van der Waals surface area contributed by atoms with Crippen LogP contribution in [0, 0.1) is 13.8 Å². The summed E-state index contributed by atoms with van der Waals surface area (Å²) < 4.78 is 11.1. The number of aryl methyl sites for hydroxylation is 2. The highest BCUT2D eigenvalue weighted by Crippen LogP contribution is 2.32. The molecule has 2 aromatic rings. The van der Waals surface area contributed by atoms with Crippen LogP contribution in [0.5, 0.6) is 11.5 Å². The lowest BCUT2D eigenvalue weighted by Gasteiger charge is -2.21. The largest absolute Gasteiger partial charge is 0.486 e. The summed E-state index contributed by atoms with van der Waals surface area (Å²) in [6.07, 6.45) is 0. The summed E-state index contributed by atoms with van der Waals surface area (Å²) in [4.78, 5) is 24.4. The lowest BCUT2D eigenvalue weighted by molar-refractivity contribution is -0.120. The first-order valence-electron chi connectivity index (χ1n) is 8.98. The Bertz CT molecular complexity index is 863. The molecule has 0 aliphatic carbocycles. The van der Waals surface area contributed by atoms with Gasteiger partial charge in [-0.1, -0.05) is 12.1 Å². The zero-order chi connectivity index (χ0) is 19.4. The van der Waals surface area contributed by atoms with E-state index in [9.17, 15) is 9.59 Å². The molecule has 6 nitrogen and oxygen atoms in total. The number of ether oxygens (including phenoxy) is 2. The highest BCUT2D eigenvalue weighted by Gasteiger charge is 2.16. The van der Waals surface area contributed by atoms with Crippen LogP contribution in [-0.2, 0) is 4.79 Å². The SMILES string of the molecule is Cc1ccc(C(=O)NCC(=O)NC(C)c2ccc3c(c2)OCCO3)cc1C. The fourth-order valence-electron chi connectivity index (χ4n) is 2.85. The number of carbonyl (C=O) groups excluding carboxylic acids is 2.